The highest BCUT2D eigenvalue weighted by Gasteiger charge is 2.60. The van der Waals surface area contributed by atoms with Crippen molar-refractivity contribution in [3.63, 3.8) is 0 Å². The number of nitrogens with zero attached hydrogens (tertiary/aromatic N) is 6. The fourth-order valence-electron chi connectivity index (χ4n) is 8.05. The Labute approximate surface area is 317 Å². The Kier molecular flexibility index (Phi) is 10.6. The number of carbonyl (C=O) groups excluding carboxylic acids is 5. The molecule has 1 aromatic carbocycles. The van der Waals surface area contributed by atoms with E-state index in [9.17, 15) is 24.0 Å². The second-order valence-corrected chi connectivity index (χ2v) is 16.4. The van der Waals surface area contributed by atoms with E-state index in [0.717, 1.165) is 83.2 Å². The van der Waals surface area contributed by atoms with Crippen LogP contribution in [0.1, 0.15) is 103 Å². The summed E-state index contributed by atoms with van der Waals surface area (Å²) < 4.78 is 2.05. The maximum absolute atomic E-state index is 13.3. The SMILES string of the molecule is Cc1sc2c(c1C)C(c1ccc(Cl)cc1)=N[C@@H](CC(=O)NCCCCCCCCN1CC3(CC(=O)N(C4CCC(=O)NC4=O)C3=O)C1)c1nnc(C)n1-2. The van der Waals surface area contributed by atoms with Crippen LogP contribution in [0.5, 0.6) is 0 Å². The molecule has 7 rings (SSSR count). The molecule has 2 atom stereocenters. The maximum atomic E-state index is 13.3. The third-order valence-corrected chi connectivity index (χ3v) is 12.4. The lowest BCUT2D eigenvalue weighted by Gasteiger charge is -2.46. The van der Waals surface area contributed by atoms with Crippen molar-refractivity contribution >= 4 is 58.2 Å². The molecule has 4 aliphatic rings. The highest BCUT2D eigenvalue weighted by molar-refractivity contribution is 7.15. The lowest BCUT2D eigenvalue weighted by atomic mass is 9.78. The molecule has 0 saturated carbocycles. The summed E-state index contributed by atoms with van der Waals surface area (Å²) in [5, 5.41) is 15.9. The predicted octanol–water partition coefficient (Wildman–Crippen LogP) is 4.51. The fourth-order valence-corrected chi connectivity index (χ4v) is 9.39. The lowest BCUT2D eigenvalue weighted by Crippen LogP contribution is -2.62. The number of rotatable bonds is 13. The Morgan fingerprint density at radius 2 is 1.72 bits per heavy atom. The molecular formula is C38H45ClN8O5S. The Balaban J connectivity index is 0.835. The minimum atomic E-state index is -0.879. The first kappa shape index (κ1) is 37.1. The Morgan fingerprint density at radius 1 is 1.00 bits per heavy atom. The van der Waals surface area contributed by atoms with Crippen molar-refractivity contribution in [1.82, 2.24) is 35.2 Å². The number of thiophene rings is 1. The molecule has 4 aliphatic heterocycles. The number of aliphatic imine (C=N–C) groups is 1. The zero-order valence-electron chi connectivity index (χ0n) is 30.4. The van der Waals surface area contributed by atoms with Crippen LogP contribution in [0, 0.1) is 26.2 Å². The second-order valence-electron chi connectivity index (χ2n) is 14.8. The minimum Gasteiger partial charge on any atom is -0.356 e. The molecular weight excluding hydrogens is 716 g/mol. The van der Waals surface area contributed by atoms with Gasteiger partial charge in [-0.05, 0) is 64.3 Å². The van der Waals surface area contributed by atoms with Gasteiger partial charge in [-0.3, -0.25) is 43.7 Å². The summed E-state index contributed by atoms with van der Waals surface area (Å²) in [7, 11) is 0. The summed E-state index contributed by atoms with van der Waals surface area (Å²) in [6.07, 6.45) is 6.71. The number of likely N-dealkylation sites (tertiary alicyclic amines) is 2. The van der Waals surface area contributed by atoms with Crippen LogP contribution in [0.3, 0.4) is 0 Å². The van der Waals surface area contributed by atoms with Gasteiger partial charge >= 0.3 is 0 Å². The molecule has 1 spiro atoms. The van der Waals surface area contributed by atoms with Crippen LogP contribution in [-0.2, 0) is 24.0 Å². The molecule has 53 heavy (non-hydrogen) atoms. The van der Waals surface area contributed by atoms with Crippen LogP contribution in [0.15, 0.2) is 29.3 Å². The zero-order chi connectivity index (χ0) is 37.4. The number of fused-ring (bicyclic) bond motifs is 3. The van der Waals surface area contributed by atoms with Crippen LogP contribution in [0.2, 0.25) is 5.02 Å². The van der Waals surface area contributed by atoms with Crippen LogP contribution >= 0.6 is 22.9 Å². The second kappa shape index (κ2) is 15.2. The third kappa shape index (κ3) is 7.33. The number of hydrogen-bond donors (Lipinski definition) is 2. The van der Waals surface area contributed by atoms with Gasteiger partial charge in [0.2, 0.25) is 29.5 Å². The van der Waals surface area contributed by atoms with E-state index >= 15 is 0 Å². The van der Waals surface area contributed by atoms with E-state index in [0.29, 0.717) is 30.5 Å². The summed E-state index contributed by atoms with van der Waals surface area (Å²) in [4.78, 5) is 72.7. The summed E-state index contributed by atoms with van der Waals surface area (Å²) in [6, 6.07) is 6.27. The Bertz CT molecular complexity index is 1980. The van der Waals surface area contributed by atoms with Crippen LogP contribution in [0.4, 0.5) is 0 Å². The Morgan fingerprint density at radius 3 is 2.45 bits per heavy atom. The number of amides is 5. The van der Waals surface area contributed by atoms with Gasteiger partial charge in [-0.1, -0.05) is 49.4 Å². The van der Waals surface area contributed by atoms with E-state index in [1.807, 2.05) is 31.2 Å². The number of nitrogens with one attached hydrogen (secondary N) is 2. The summed E-state index contributed by atoms with van der Waals surface area (Å²) in [5.41, 5.74) is 3.22. The number of imide groups is 2. The number of aromatic nitrogens is 3. The van der Waals surface area contributed by atoms with Gasteiger partial charge < -0.3 is 10.2 Å². The van der Waals surface area contributed by atoms with Crippen LogP contribution in [0.25, 0.3) is 5.00 Å². The first-order valence-electron chi connectivity index (χ1n) is 18.5. The van der Waals surface area contributed by atoms with Gasteiger partial charge in [0.1, 0.15) is 22.9 Å². The van der Waals surface area contributed by atoms with Gasteiger partial charge in [-0.2, -0.15) is 0 Å². The topological polar surface area (TPSA) is 159 Å². The van der Waals surface area contributed by atoms with Crippen molar-refractivity contribution in [2.75, 3.05) is 26.2 Å². The molecule has 0 bridgehead atoms. The molecule has 3 saturated heterocycles. The average Bonchev–Trinajstić information content (AvgIpc) is 3.68. The van der Waals surface area contributed by atoms with Crippen molar-refractivity contribution in [3.8, 4) is 5.00 Å². The largest absolute Gasteiger partial charge is 0.356 e. The molecule has 280 valence electrons. The van der Waals surface area contributed by atoms with Crippen molar-refractivity contribution in [3.05, 3.63) is 62.5 Å². The van der Waals surface area contributed by atoms with Gasteiger partial charge in [0.25, 0.3) is 0 Å². The number of benzene rings is 1. The van der Waals surface area contributed by atoms with E-state index in [2.05, 4.69) is 44.1 Å². The van der Waals surface area contributed by atoms with E-state index in [-0.39, 0.29) is 49.3 Å². The first-order chi connectivity index (χ1) is 25.5. The number of hydrogen-bond acceptors (Lipinski definition) is 10. The van der Waals surface area contributed by atoms with E-state index in [1.165, 1.54) is 4.88 Å². The molecule has 13 nitrogen and oxygen atoms in total. The number of carbonyl (C=O) groups is 5. The van der Waals surface area contributed by atoms with E-state index in [1.54, 1.807) is 11.3 Å². The molecule has 0 radical (unpaired) electrons. The standard InChI is InChI=1S/C38H45ClN8O5S/c1-22-23(2)53-36-32(22)33(25-10-12-26(39)13-11-25)41-27(34-44-43-24(3)46(34)36)18-30(49)40-16-8-6-4-5-7-9-17-45-20-38(21-45)19-31(50)47(37(38)52)28-14-15-29(48)42-35(28)51/h10-13,27-28H,4-9,14-21H2,1-3H3,(H,40,49)(H,42,48,51)/t27-,28?/m0/s1. The normalized spacial score (nSPS) is 20.9. The average molecular weight is 761 g/mol. The minimum absolute atomic E-state index is 0.0745. The quantitative estimate of drug-likeness (QED) is 0.190. The fraction of sp³-hybridized carbons (Fsp3) is 0.526. The molecule has 3 aromatic rings. The first-order valence-corrected chi connectivity index (χ1v) is 19.7. The van der Waals surface area contributed by atoms with Gasteiger partial charge in [-0.15, -0.1) is 21.5 Å². The smallest absolute Gasteiger partial charge is 0.249 e. The van der Waals surface area contributed by atoms with Crippen molar-refractivity contribution in [2.45, 2.75) is 97.1 Å². The maximum Gasteiger partial charge on any atom is 0.249 e. The van der Waals surface area contributed by atoms with Gasteiger partial charge in [0, 0.05) is 53.5 Å². The molecule has 5 amide bonds. The van der Waals surface area contributed by atoms with Gasteiger partial charge in [-0.25, -0.2) is 0 Å². The van der Waals surface area contributed by atoms with E-state index < -0.39 is 23.4 Å². The van der Waals surface area contributed by atoms with Crippen molar-refractivity contribution in [2.24, 2.45) is 10.4 Å². The number of piperidine rings is 1. The molecule has 15 heteroatoms. The monoisotopic (exact) mass is 760 g/mol. The molecule has 1 unspecified atom stereocenters. The van der Waals surface area contributed by atoms with Gasteiger partial charge in [0.05, 0.1) is 17.5 Å². The lowest BCUT2D eigenvalue weighted by molar-refractivity contribution is -0.155. The number of unbranched alkanes of at least 4 members (excludes halogenated alkanes) is 5. The number of aryl methyl sites for hydroxylation is 2. The van der Waals surface area contributed by atoms with Crippen LogP contribution in [-0.4, -0.2) is 92.0 Å². The summed E-state index contributed by atoms with van der Waals surface area (Å²) in [5.74, 6) is -0.170. The molecule has 0 aliphatic carbocycles. The molecule has 3 fully saturated rings. The van der Waals surface area contributed by atoms with E-state index in [4.69, 9.17) is 16.6 Å². The summed E-state index contributed by atoms with van der Waals surface area (Å²) in [6.45, 7) is 8.65. The molecule has 2 aromatic heterocycles. The third-order valence-electron chi connectivity index (χ3n) is 11.0. The van der Waals surface area contributed by atoms with Crippen molar-refractivity contribution in [1.29, 1.82) is 0 Å². The zero-order valence-corrected chi connectivity index (χ0v) is 31.9. The van der Waals surface area contributed by atoms with Gasteiger partial charge in [0.15, 0.2) is 5.82 Å². The highest BCUT2D eigenvalue weighted by atomic mass is 35.5. The Hall–Kier alpha value is -4.27. The molecule has 2 N–H and O–H groups in total. The highest BCUT2D eigenvalue weighted by Crippen LogP contribution is 2.43. The van der Waals surface area contributed by atoms with Crippen LogP contribution < -0.4 is 10.6 Å². The number of halogens is 1. The van der Waals surface area contributed by atoms with Crippen molar-refractivity contribution < 1.29 is 24.0 Å². The molecule has 6 heterocycles. The summed E-state index contributed by atoms with van der Waals surface area (Å²) >= 11 is 7.90. The predicted molar refractivity (Wildman–Crippen MR) is 200 cm³/mol.